The molecule has 10 heteroatoms. The number of carbonyl (C=O) groups excluding carboxylic acids is 2. The van der Waals surface area contributed by atoms with Gasteiger partial charge in [-0.3, -0.25) is 9.59 Å². The fraction of sp³-hybridized carbons (Fsp3) is 0.935. The molecule has 0 aliphatic carbocycles. The summed E-state index contributed by atoms with van der Waals surface area (Å²) < 4.78 is 24.6. The Labute approximate surface area is 248 Å². The monoisotopic (exact) mass is 585 g/mol. The fourth-order valence-corrected chi connectivity index (χ4v) is 6.58. The Morgan fingerprint density at radius 1 is 1.12 bits per heavy atom. The van der Waals surface area contributed by atoms with Crippen LogP contribution in [0.3, 0.4) is 0 Å². The number of aliphatic hydroxyl groups is 1. The molecule has 9 atom stereocenters. The molecule has 0 radical (unpaired) electrons. The summed E-state index contributed by atoms with van der Waals surface area (Å²) in [5.74, 6) is -1.37. The van der Waals surface area contributed by atoms with E-state index in [0.717, 1.165) is 25.9 Å². The third-order valence-corrected chi connectivity index (χ3v) is 9.19. The molecule has 2 aliphatic heterocycles. The molecule has 2 saturated heterocycles. The summed E-state index contributed by atoms with van der Waals surface area (Å²) in [6, 6.07) is 0.147. The minimum Gasteiger partial charge on any atom is -0.465 e. The first kappa shape index (κ1) is 36.1. The van der Waals surface area contributed by atoms with Crippen molar-refractivity contribution in [3.63, 3.8) is 0 Å². The standard InChI is InChI=1S/C31H59N3O7/c1-20-18-31(6,38-11)27(41-28-25(35)24(33(8)9)17-21(2)40-28)22(3)26(36)30(4,5)29(37)39-16-12-13-23(32-7)14-15-34(10)19-20/h20-25,27-28,32,35H,12-19H2,1-11H3/t20-,21-,22+,23?,24+,25-,27-,28+,31-/m1/s1. The molecule has 1 unspecified atom stereocenters. The largest absolute Gasteiger partial charge is 0.465 e. The zero-order valence-electron chi connectivity index (χ0n) is 27.6. The highest BCUT2D eigenvalue weighted by atomic mass is 16.7. The number of rotatable bonds is 5. The number of hydrogen-bond acceptors (Lipinski definition) is 10. The normalized spacial score (nSPS) is 39.3. The van der Waals surface area contributed by atoms with Crippen molar-refractivity contribution in [3.05, 3.63) is 0 Å². The molecule has 41 heavy (non-hydrogen) atoms. The van der Waals surface area contributed by atoms with Crippen LogP contribution in [0, 0.1) is 17.3 Å². The summed E-state index contributed by atoms with van der Waals surface area (Å²) in [6.45, 7) is 13.1. The number of nitrogens with zero attached hydrogens (tertiary/aromatic N) is 2. The first-order valence-electron chi connectivity index (χ1n) is 15.3. The molecule has 0 aromatic carbocycles. The highest BCUT2D eigenvalue weighted by Crippen LogP contribution is 2.38. The van der Waals surface area contributed by atoms with Crippen molar-refractivity contribution >= 4 is 11.8 Å². The highest BCUT2D eigenvalue weighted by Gasteiger charge is 2.51. The Kier molecular flexibility index (Phi) is 13.7. The second-order valence-corrected chi connectivity index (χ2v) is 13.5. The lowest BCUT2D eigenvalue weighted by Crippen LogP contribution is -2.59. The van der Waals surface area contributed by atoms with Gasteiger partial charge >= 0.3 is 5.97 Å². The van der Waals surface area contributed by atoms with Crippen molar-refractivity contribution in [2.24, 2.45) is 17.3 Å². The van der Waals surface area contributed by atoms with Crippen LogP contribution in [0.15, 0.2) is 0 Å². The van der Waals surface area contributed by atoms with Crippen molar-refractivity contribution in [2.45, 2.75) is 116 Å². The van der Waals surface area contributed by atoms with E-state index < -0.39 is 41.4 Å². The van der Waals surface area contributed by atoms with Gasteiger partial charge in [0.2, 0.25) is 0 Å². The molecular weight excluding hydrogens is 526 g/mol. The molecule has 0 spiro atoms. The van der Waals surface area contributed by atoms with E-state index in [4.69, 9.17) is 18.9 Å². The minimum absolute atomic E-state index is 0.147. The highest BCUT2D eigenvalue weighted by molar-refractivity contribution is 6.04. The van der Waals surface area contributed by atoms with Crippen LogP contribution < -0.4 is 5.32 Å². The van der Waals surface area contributed by atoms with Gasteiger partial charge < -0.3 is 39.2 Å². The van der Waals surface area contributed by atoms with Gasteiger partial charge in [-0.2, -0.15) is 0 Å². The summed E-state index contributed by atoms with van der Waals surface area (Å²) in [6.07, 6.45) is 1.01. The number of likely N-dealkylation sites (N-methyl/N-ethyl adjacent to an activating group) is 1. The summed E-state index contributed by atoms with van der Waals surface area (Å²) in [4.78, 5) is 31.6. The van der Waals surface area contributed by atoms with Crippen LogP contribution in [0.2, 0.25) is 0 Å². The van der Waals surface area contributed by atoms with Gasteiger partial charge in [0.05, 0.1) is 24.4 Å². The number of carbonyl (C=O) groups is 2. The molecule has 2 heterocycles. The van der Waals surface area contributed by atoms with Crippen LogP contribution in [0.4, 0.5) is 0 Å². The number of nitrogens with one attached hydrogen (secondary N) is 1. The second-order valence-electron chi connectivity index (χ2n) is 13.5. The Bertz CT molecular complexity index is 841. The number of ketones is 1. The molecule has 0 aromatic rings. The van der Waals surface area contributed by atoms with E-state index in [1.165, 1.54) is 0 Å². The SMILES string of the molecule is CNC1CCCOC(=O)C(C)(C)C(=O)[C@H](C)[C@@H](O[C@@H]2O[C@H](C)C[C@H](N(C)C)[C@H]2O)[C@](C)(OC)C[C@@H](C)CN(C)CC1. The van der Waals surface area contributed by atoms with E-state index >= 15 is 0 Å². The minimum atomic E-state index is -1.39. The maximum atomic E-state index is 14.1. The number of ether oxygens (including phenoxy) is 4. The average molecular weight is 586 g/mol. The van der Waals surface area contributed by atoms with Crippen molar-refractivity contribution in [1.29, 1.82) is 0 Å². The number of cyclic esters (lactones) is 1. The van der Waals surface area contributed by atoms with Crippen LogP contribution in [0.5, 0.6) is 0 Å². The fourth-order valence-electron chi connectivity index (χ4n) is 6.58. The third-order valence-electron chi connectivity index (χ3n) is 9.19. The molecule has 0 amide bonds. The first-order valence-corrected chi connectivity index (χ1v) is 15.3. The average Bonchev–Trinajstić information content (AvgIpc) is 2.90. The van der Waals surface area contributed by atoms with Crippen LogP contribution in [-0.4, -0.2) is 124 Å². The number of methoxy groups -OCH3 is 1. The topological polar surface area (TPSA) is 110 Å². The van der Waals surface area contributed by atoms with Crippen molar-refractivity contribution in [3.8, 4) is 0 Å². The summed E-state index contributed by atoms with van der Waals surface area (Å²) in [5.41, 5.74) is -2.29. The van der Waals surface area contributed by atoms with Crippen LogP contribution in [-0.2, 0) is 28.5 Å². The molecule has 2 rings (SSSR count). The lowest BCUT2D eigenvalue weighted by molar-refractivity contribution is -0.295. The zero-order valence-corrected chi connectivity index (χ0v) is 27.6. The first-order chi connectivity index (χ1) is 19.1. The molecule has 0 bridgehead atoms. The molecule has 0 aromatic heterocycles. The van der Waals surface area contributed by atoms with Crippen LogP contribution in [0.1, 0.15) is 73.6 Å². The quantitative estimate of drug-likeness (QED) is 0.369. The molecule has 240 valence electrons. The van der Waals surface area contributed by atoms with Gasteiger partial charge in [-0.15, -0.1) is 0 Å². The predicted molar refractivity (Wildman–Crippen MR) is 160 cm³/mol. The van der Waals surface area contributed by atoms with Gasteiger partial charge in [0.25, 0.3) is 0 Å². The number of hydrogen-bond donors (Lipinski definition) is 2. The van der Waals surface area contributed by atoms with Gasteiger partial charge in [0.1, 0.15) is 11.5 Å². The van der Waals surface area contributed by atoms with Gasteiger partial charge in [-0.1, -0.05) is 13.8 Å². The second kappa shape index (κ2) is 15.5. The summed E-state index contributed by atoms with van der Waals surface area (Å²) in [5, 5.41) is 14.7. The Morgan fingerprint density at radius 3 is 2.37 bits per heavy atom. The van der Waals surface area contributed by atoms with Crippen LogP contribution >= 0.6 is 0 Å². The van der Waals surface area contributed by atoms with Gasteiger partial charge in [0, 0.05) is 31.7 Å². The zero-order chi connectivity index (χ0) is 31.1. The van der Waals surface area contributed by atoms with E-state index in [0.29, 0.717) is 25.3 Å². The van der Waals surface area contributed by atoms with Crippen LogP contribution in [0.25, 0.3) is 0 Å². The van der Waals surface area contributed by atoms with E-state index in [-0.39, 0.29) is 30.5 Å². The maximum absolute atomic E-state index is 14.1. The molecular formula is C31H59N3O7. The van der Waals surface area contributed by atoms with Crippen molar-refractivity contribution in [1.82, 2.24) is 15.1 Å². The molecule has 2 aliphatic rings. The van der Waals surface area contributed by atoms with Crippen molar-refractivity contribution < 1.29 is 33.6 Å². The lowest BCUT2D eigenvalue weighted by Gasteiger charge is -2.47. The van der Waals surface area contributed by atoms with E-state index in [2.05, 4.69) is 24.2 Å². The molecule has 10 nitrogen and oxygen atoms in total. The van der Waals surface area contributed by atoms with E-state index in [9.17, 15) is 14.7 Å². The number of aliphatic hydroxyl groups excluding tert-OH is 1. The smallest absolute Gasteiger partial charge is 0.319 e. The molecule has 2 fully saturated rings. The van der Waals surface area contributed by atoms with Gasteiger partial charge in [0.15, 0.2) is 12.1 Å². The number of esters is 1. The maximum Gasteiger partial charge on any atom is 0.319 e. The Morgan fingerprint density at radius 2 is 1.78 bits per heavy atom. The summed E-state index contributed by atoms with van der Waals surface area (Å²) in [7, 11) is 9.57. The Hall–Kier alpha value is -1.14. The van der Waals surface area contributed by atoms with Crippen molar-refractivity contribution in [2.75, 3.05) is 55.0 Å². The summed E-state index contributed by atoms with van der Waals surface area (Å²) >= 11 is 0. The molecule has 2 N–H and O–H groups in total. The van der Waals surface area contributed by atoms with E-state index in [1.54, 1.807) is 27.9 Å². The van der Waals surface area contributed by atoms with Gasteiger partial charge in [-0.05, 0) is 100 Å². The molecule has 0 saturated carbocycles. The Balaban J connectivity index is 2.48. The lowest BCUT2D eigenvalue weighted by atomic mass is 9.74. The third kappa shape index (κ3) is 9.42. The number of Topliss-reactive ketones (excluding diaryl/α,β-unsaturated/α-hetero) is 1. The van der Waals surface area contributed by atoms with E-state index in [1.807, 2.05) is 39.9 Å². The predicted octanol–water partition coefficient (Wildman–Crippen LogP) is 2.71. The van der Waals surface area contributed by atoms with Gasteiger partial charge in [-0.25, -0.2) is 0 Å².